The van der Waals surface area contributed by atoms with Gasteiger partial charge in [0.1, 0.15) is 0 Å². The zero-order valence-corrected chi connectivity index (χ0v) is 12.6. The SMILES string of the molecule is CC(=O)Nc1nnc(S(=O)(=O)NCCCN(C)C)s1. The van der Waals surface area contributed by atoms with Gasteiger partial charge in [-0.25, -0.2) is 13.1 Å². The summed E-state index contributed by atoms with van der Waals surface area (Å²) in [5, 5.41) is 9.69. The minimum Gasteiger partial charge on any atom is -0.309 e. The van der Waals surface area contributed by atoms with Crippen LogP contribution >= 0.6 is 11.3 Å². The third-order valence-electron chi connectivity index (χ3n) is 1.99. The van der Waals surface area contributed by atoms with Crippen molar-refractivity contribution in [3.8, 4) is 0 Å². The molecule has 0 saturated carbocycles. The second-order valence-electron chi connectivity index (χ2n) is 4.11. The van der Waals surface area contributed by atoms with Crippen molar-refractivity contribution in [1.82, 2.24) is 19.8 Å². The van der Waals surface area contributed by atoms with Gasteiger partial charge in [-0.1, -0.05) is 11.3 Å². The molecule has 1 aromatic rings. The van der Waals surface area contributed by atoms with E-state index >= 15 is 0 Å². The first-order valence-electron chi connectivity index (χ1n) is 5.57. The molecular weight excluding hydrogens is 290 g/mol. The molecule has 1 amide bonds. The minimum absolute atomic E-state index is 0.152. The van der Waals surface area contributed by atoms with Crippen molar-refractivity contribution in [2.24, 2.45) is 0 Å². The van der Waals surface area contributed by atoms with Gasteiger partial charge >= 0.3 is 0 Å². The molecule has 1 rings (SSSR count). The van der Waals surface area contributed by atoms with E-state index in [4.69, 9.17) is 0 Å². The van der Waals surface area contributed by atoms with Crippen LogP contribution in [-0.4, -0.2) is 56.6 Å². The summed E-state index contributed by atoms with van der Waals surface area (Å²) in [6.45, 7) is 2.43. The zero-order chi connectivity index (χ0) is 14.5. The second-order valence-corrected chi connectivity index (χ2v) is 7.03. The van der Waals surface area contributed by atoms with Crippen LogP contribution in [0.3, 0.4) is 0 Å². The van der Waals surface area contributed by atoms with Crippen LogP contribution in [0, 0.1) is 0 Å². The maximum Gasteiger partial charge on any atom is 0.269 e. The van der Waals surface area contributed by atoms with E-state index in [9.17, 15) is 13.2 Å². The van der Waals surface area contributed by atoms with E-state index in [2.05, 4.69) is 20.2 Å². The predicted octanol–water partition coefficient (Wildman–Crippen LogP) is -0.274. The molecule has 1 aromatic heterocycles. The highest BCUT2D eigenvalue weighted by atomic mass is 32.2. The molecule has 108 valence electrons. The number of sulfonamides is 1. The number of carbonyl (C=O) groups is 1. The fourth-order valence-corrected chi connectivity index (χ4v) is 3.24. The molecule has 0 saturated heterocycles. The van der Waals surface area contributed by atoms with E-state index in [1.165, 1.54) is 6.92 Å². The molecular formula is C9H17N5O3S2. The van der Waals surface area contributed by atoms with E-state index in [-0.39, 0.29) is 15.4 Å². The Morgan fingerprint density at radius 2 is 2.05 bits per heavy atom. The molecule has 0 bridgehead atoms. The largest absolute Gasteiger partial charge is 0.309 e. The van der Waals surface area contributed by atoms with Crippen LogP contribution in [0.4, 0.5) is 5.13 Å². The maximum atomic E-state index is 11.8. The van der Waals surface area contributed by atoms with Gasteiger partial charge in [-0.05, 0) is 27.1 Å². The molecule has 19 heavy (non-hydrogen) atoms. The van der Waals surface area contributed by atoms with Gasteiger partial charge in [0.2, 0.25) is 15.4 Å². The van der Waals surface area contributed by atoms with Crippen LogP contribution in [-0.2, 0) is 14.8 Å². The highest BCUT2D eigenvalue weighted by Crippen LogP contribution is 2.19. The van der Waals surface area contributed by atoms with Crippen molar-refractivity contribution in [3.63, 3.8) is 0 Å². The molecule has 0 fully saturated rings. The monoisotopic (exact) mass is 307 g/mol. The average molecular weight is 307 g/mol. The number of rotatable bonds is 7. The molecule has 0 radical (unpaired) electrons. The standard InChI is InChI=1S/C9H17N5O3S2/c1-7(15)11-8-12-13-9(18-8)19(16,17)10-5-4-6-14(2)3/h10H,4-6H2,1-3H3,(H,11,12,15). The molecule has 0 aliphatic carbocycles. The average Bonchev–Trinajstić information content (AvgIpc) is 2.72. The Bertz CT molecular complexity index is 526. The lowest BCUT2D eigenvalue weighted by Crippen LogP contribution is -2.27. The van der Waals surface area contributed by atoms with Crippen LogP contribution in [0.2, 0.25) is 0 Å². The lowest BCUT2D eigenvalue weighted by Gasteiger charge is -2.08. The fraction of sp³-hybridized carbons (Fsp3) is 0.667. The van der Waals surface area contributed by atoms with E-state index in [1.54, 1.807) is 0 Å². The van der Waals surface area contributed by atoms with E-state index in [0.717, 1.165) is 17.9 Å². The summed E-state index contributed by atoms with van der Waals surface area (Å²) in [7, 11) is 0.183. The molecule has 0 aliphatic heterocycles. The minimum atomic E-state index is -3.65. The van der Waals surface area contributed by atoms with Gasteiger partial charge in [0.25, 0.3) is 10.0 Å². The van der Waals surface area contributed by atoms with Gasteiger partial charge in [0.05, 0.1) is 0 Å². The summed E-state index contributed by atoms with van der Waals surface area (Å²) < 4.78 is 26.0. The normalized spacial score (nSPS) is 11.8. The highest BCUT2D eigenvalue weighted by molar-refractivity contribution is 7.91. The van der Waals surface area contributed by atoms with Gasteiger partial charge in [0, 0.05) is 13.5 Å². The summed E-state index contributed by atoms with van der Waals surface area (Å²) in [5.74, 6) is -0.320. The molecule has 1 heterocycles. The van der Waals surface area contributed by atoms with Gasteiger partial charge in [0.15, 0.2) is 0 Å². The lowest BCUT2D eigenvalue weighted by atomic mass is 10.4. The number of amides is 1. The number of nitrogens with zero attached hydrogens (tertiary/aromatic N) is 3. The number of nitrogens with one attached hydrogen (secondary N) is 2. The summed E-state index contributed by atoms with van der Waals surface area (Å²) in [6.07, 6.45) is 0.698. The number of hydrogen-bond donors (Lipinski definition) is 2. The smallest absolute Gasteiger partial charge is 0.269 e. The van der Waals surface area contributed by atoms with Crippen LogP contribution in [0.25, 0.3) is 0 Å². The molecule has 10 heteroatoms. The fourth-order valence-electron chi connectivity index (χ4n) is 1.18. The van der Waals surface area contributed by atoms with E-state index in [0.29, 0.717) is 13.0 Å². The van der Waals surface area contributed by atoms with Gasteiger partial charge in [-0.15, -0.1) is 10.2 Å². The van der Waals surface area contributed by atoms with Crippen molar-refractivity contribution in [2.75, 3.05) is 32.5 Å². The summed E-state index contributed by atoms with van der Waals surface area (Å²) in [5.41, 5.74) is 0. The Morgan fingerprint density at radius 3 is 2.63 bits per heavy atom. The number of carbonyl (C=O) groups excluding carboxylic acids is 1. The summed E-state index contributed by atoms with van der Waals surface area (Å²) in [6, 6.07) is 0. The quantitative estimate of drug-likeness (QED) is 0.530. The van der Waals surface area contributed by atoms with Crippen LogP contribution < -0.4 is 10.0 Å². The van der Waals surface area contributed by atoms with Crippen molar-refractivity contribution >= 4 is 32.4 Å². The van der Waals surface area contributed by atoms with Gasteiger partial charge in [-0.3, -0.25) is 4.79 Å². The third-order valence-corrected chi connectivity index (χ3v) is 4.66. The highest BCUT2D eigenvalue weighted by Gasteiger charge is 2.19. The molecule has 0 aromatic carbocycles. The van der Waals surface area contributed by atoms with Crippen LogP contribution in [0.1, 0.15) is 13.3 Å². The van der Waals surface area contributed by atoms with Crippen LogP contribution in [0.15, 0.2) is 4.34 Å². The maximum absolute atomic E-state index is 11.8. The molecule has 0 unspecified atom stereocenters. The van der Waals surface area contributed by atoms with Gasteiger partial charge < -0.3 is 10.2 Å². The van der Waals surface area contributed by atoms with Crippen molar-refractivity contribution in [2.45, 2.75) is 17.7 Å². The Kier molecular flexibility index (Phi) is 5.79. The van der Waals surface area contributed by atoms with Gasteiger partial charge in [-0.2, -0.15) is 0 Å². The Hall–Kier alpha value is -1.10. The topological polar surface area (TPSA) is 104 Å². The summed E-state index contributed by atoms with van der Waals surface area (Å²) in [4.78, 5) is 12.8. The first kappa shape index (κ1) is 16.0. The first-order valence-corrected chi connectivity index (χ1v) is 7.87. The van der Waals surface area contributed by atoms with Crippen LogP contribution in [0.5, 0.6) is 0 Å². The molecule has 0 spiro atoms. The predicted molar refractivity (Wildman–Crippen MR) is 72.6 cm³/mol. The molecule has 0 aliphatic rings. The first-order chi connectivity index (χ1) is 8.81. The molecule has 2 N–H and O–H groups in total. The number of hydrogen-bond acceptors (Lipinski definition) is 7. The molecule has 8 nitrogen and oxygen atoms in total. The third kappa shape index (κ3) is 5.59. The Balaban J connectivity index is 2.57. The Labute approximate surface area is 116 Å². The summed E-state index contributed by atoms with van der Waals surface area (Å²) >= 11 is 0.817. The van der Waals surface area contributed by atoms with Crippen molar-refractivity contribution < 1.29 is 13.2 Å². The number of anilines is 1. The lowest BCUT2D eigenvalue weighted by molar-refractivity contribution is -0.114. The van der Waals surface area contributed by atoms with Crippen molar-refractivity contribution in [1.29, 1.82) is 0 Å². The van der Waals surface area contributed by atoms with Crippen molar-refractivity contribution in [3.05, 3.63) is 0 Å². The Morgan fingerprint density at radius 1 is 1.37 bits per heavy atom. The zero-order valence-electron chi connectivity index (χ0n) is 11.0. The van der Waals surface area contributed by atoms with E-state index in [1.807, 2.05) is 19.0 Å². The second kappa shape index (κ2) is 6.89. The van der Waals surface area contributed by atoms with E-state index < -0.39 is 10.0 Å². The number of aromatic nitrogens is 2. The molecule has 0 atom stereocenters.